The third kappa shape index (κ3) is 54.0. The number of allylic oxidation sites excluding steroid dienone is 12. The van der Waals surface area contributed by atoms with Crippen molar-refractivity contribution < 1.29 is 23.8 Å². The summed E-state index contributed by atoms with van der Waals surface area (Å²) in [4.78, 5) is 25.5. The third-order valence-electron chi connectivity index (χ3n) is 12.2. The van der Waals surface area contributed by atoms with Crippen molar-refractivity contribution in [1.82, 2.24) is 0 Å². The molecule has 0 bridgehead atoms. The highest BCUT2D eigenvalue weighted by atomic mass is 16.6. The fourth-order valence-electron chi connectivity index (χ4n) is 7.97. The molecule has 0 aliphatic carbocycles. The van der Waals surface area contributed by atoms with Gasteiger partial charge in [0, 0.05) is 19.4 Å². The molecule has 0 saturated carbocycles. The van der Waals surface area contributed by atoms with Crippen LogP contribution in [0.4, 0.5) is 0 Å². The van der Waals surface area contributed by atoms with Crippen molar-refractivity contribution >= 4 is 11.9 Å². The van der Waals surface area contributed by atoms with Gasteiger partial charge in [-0.05, 0) is 103 Å². The molecule has 0 saturated heterocycles. The summed E-state index contributed by atoms with van der Waals surface area (Å²) in [6.45, 7) is 7.65. The fraction of sp³-hybridized carbons (Fsp3) is 0.770. The number of ether oxygens (including phenoxy) is 3. The van der Waals surface area contributed by atoms with Crippen LogP contribution in [-0.4, -0.2) is 37.9 Å². The van der Waals surface area contributed by atoms with Crippen LogP contribution >= 0.6 is 0 Å². The first kappa shape index (κ1) is 63.3. The lowest BCUT2D eigenvalue weighted by Gasteiger charge is -2.18. The second-order valence-electron chi connectivity index (χ2n) is 18.8. The minimum absolute atomic E-state index is 0.0749. The van der Waals surface area contributed by atoms with Crippen molar-refractivity contribution in [3.05, 3.63) is 72.9 Å². The van der Waals surface area contributed by atoms with Crippen LogP contribution in [0, 0.1) is 0 Å². The second kappa shape index (κ2) is 56.7. The first-order valence-corrected chi connectivity index (χ1v) is 28.5. The monoisotopic (exact) mass is 921 g/mol. The number of hydrogen-bond donors (Lipinski definition) is 0. The Morgan fingerprint density at radius 3 is 1.17 bits per heavy atom. The standard InChI is InChI=1S/C61H108O5/c1-4-7-10-13-16-19-22-25-28-30-31-33-34-36-39-42-45-48-51-54-60(62)65-58-59(57-64-56-53-50-47-44-41-38-27-24-21-18-15-12-9-6-3)66-61(63)55-52-49-46-43-40-37-35-32-29-26-23-20-17-14-11-8-5-2/h8,11-12,15,17,20-21,24-26,28-29,59H,4-7,9-10,13-14,16,18-19,22-23,27,30-58H2,1-3H3/b11-8-,15-12-,20-17-,24-21-,28-25-,29-26-. The van der Waals surface area contributed by atoms with Gasteiger partial charge in [-0.15, -0.1) is 0 Å². The molecule has 0 aromatic carbocycles. The number of carbonyl (C=O) groups is 2. The maximum Gasteiger partial charge on any atom is 0.306 e. The van der Waals surface area contributed by atoms with E-state index in [9.17, 15) is 9.59 Å². The molecule has 0 aromatic rings. The molecule has 66 heavy (non-hydrogen) atoms. The van der Waals surface area contributed by atoms with Crippen molar-refractivity contribution in [2.45, 2.75) is 284 Å². The summed E-state index contributed by atoms with van der Waals surface area (Å²) in [7, 11) is 0. The maximum absolute atomic E-state index is 12.8. The van der Waals surface area contributed by atoms with Gasteiger partial charge in [-0.3, -0.25) is 9.59 Å². The number of unbranched alkanes of at least 4 members (excludes halogenated alkanes) is 29. The predicted octanol–water partition coefficient (Wildman–Crippen LogP) is 19.5. The summed E-state index contributed by atoms with van der Waals surface area (Å²) in [5, 5.41) is 0. The fourth-order valence-corrected chi connectivity index (χ4v) is 7.97. The topological polar surface area (TPSA) is 61.8 Å². The molecule has 5 heteroatoms. The van der Waals surface area contributed by atoms with Crippen LogP contribution in [0.3, 0.4) is 0 Å². The molecule has 0 spiro atoms. The van der Waals surface area contributed by atoms with E-state index in [0.29, 0.717) is 19.4 Å². The van der Waals surface area contributed by atoms with E-state index in [1.807, 2.05) is 0 Å². The summed E-state index contributed by atoms with van der Waals surface area (Å²) >= 11 is 0. The van der Waals surface area contributed by atoms with Gasteiger partial charge in [-0.25, -0.2) is 0 Å². The average molecular weight is 922 g/mol. The molecule has 0 aromatic heterocycles. The molecule has 0 amide bonds. The van der Waals surface area contributed by atoms with E-state index in [1.54, 1.807) is 0 Å². The summed E-state index contributed by atoms with van der Waals surface area (Å²) in [5.74, 6) is -0.410. The van der Waals surface area contributed by atoms with Crippen LogP contribution in [0.25, 0.3) is 0 Å². The lowest BCUT2D eigenvalue weighted by Crippen LogP contribution is -2.30. The van der Waals surface area contributed by atoms with E-state index >= 15 is 0 Å². The summed E-state index contributed by atoms with van der Waals surface area (Å²) < 4.78 is 17.5. The van der Waals surface area contributed by atoms with Crippen LogP contribution in [0.2, 0.25) is 0 Å². The van der Waals surface area contributed by atoms with Crippen LogP contribution in [0.1, 0.15) is 278 Å². The average Bonchev–Trinajstić information content (AvgIpc) is 3.32. The highest BCUT2D eigenvalue weighted by Gasteiger charge is 2.17. The Morgan fingerprint density at radius 2 is 0.712 bits per heavy atom. The quantitative estimate of drug-likeness (QED) is 0.0346. The first-order chi connectivity index (χ1) is 32.6. The van der Waals surface area contributed by atoms with Gasteiger partial charge in [-0.1, -0.05) is 235 Å². The number of hydrogen-bond acceptors (Lipinski definition) is 5. The Morgan fingerprint density at radius 1 is 0.348 bits per heavy atom. The van der Waals surface area contributed by atoms with Crippen molar-refractivity contribution in [2.75, 3.05) is 19.8 Å². The number of esters is 2. The predicted molar refractivity (Wildman–Crippen MR) is 288 cm³/mol. The molecule has 0 rings (SSSR count). The summed E-state index contributed by atoms with van der Waals surface area (Å²) in [6.07, 6.45) is 73.5. The third-order valence-corrected chi connectivity index (χ3v) is 12.2. The zero-order valence-electron chi connectivity index (χ0n) is 44.0. The summed E-state index contributed by atoms with van der Waals surface area (Å²) in [6, 6.07) is 0. The zero-order valence-corrected chi connectivity index (χ0v) is 44.0. The highest BCUT2D eigenvalue weighted by molar-refractivity contribution is 5.70. The van der Waals surface area contributed by atoms with E-state index in [1.165, 1.54) is 167 Å². The lowest BCUT2D eigenvalue weighted by molar-refractivity contribution is -0.163. The highest BCUT2D eigenvalue weighted by Crippen LogP contribution is 2.15. The Balaban J connectivity index is 4.27. The molecule has 0 aliphatic rings. The molecule has 1 unspecified atom stereocenters. The first-order valence-electron chi connectivity index (χ1n) is 28.5. The Hall–Kier alpha value is -2.66. The smallest absolute Gasteiger partial charge is 0.306 e. The van der Waals surface area contributed by atoms with E-state index < -0.39 is 6.10 Å². The van der Waals surface area contributed by atoms with Gasteiger partial charge in [0.2, 0.25) is 0 Å². The van der Waals surface area contributed by atoms with Gasteiger partial charge >= 0.3 is 11.9 Å². The van der Waals surface area contributed by atoms with Crippen molar-refractivity contribution in [3.8, 4) is 0 Å². The molecule has 0 heterocycles. The minimum atomic E-state index is -0.550. The Kier molecular flexibility index (Phi) is 54.4. The lowest BCUT2D eigenvalue weighted by atomic mass is 10.1. The van der Waals surface area contributed by atoms with Gasteiger partial charge in [0.15, 0.2) is 6.10 Å². The molecular formula is C61H108O5. The number of rotatable bonds is 52. The SMILES string of the molecule is CC/C=C\C/C=C\C/C=C\CCCCCCCCCC(=O)OC(COCCCCCCCC/C=C\C/C=C\CCC)COC(=O)CCCCCCCCCCC/C=C\CCCCCCCC. The second-order valence-corrected chi connectivity index (χ2v) is 18.8. The van der Waals surface area contributed by atoms with Crippen LogP contribution in [0.5, 0.6) is 0 Å². The van der Waals surface area contributed by atoms with Gasteiger partial charge in [0.05, 0.1) is 6.61 Å². The molecule has 0 fully saturated rings. The van der Waals surface area contributed by atoms with E-state index in [0.717, 1.165) is 77.0 Å². The zero-order chi connectivity index (χ0) is 47.7. The van der Waals surface area contributed by atoms with Crippen molar-refractivity contribution in [1.29, 1.82) is 0 Å². The van der Waals surface area contributed by atoms with Crippen LogP contribution in [-0.2, 0) is 23.8 Å². The summed E-state index contributed by atoms with van der Waals surface area (Å²) in [5.41, 5.74) is 0. The van der Waals surface area contributed by atoms with Crippen molar-refractivity contribution in [3.63, 3.8) is 0 Å². The van der Waals surface area contributed by atoms with Gasteiger partial charge in [0.1, 0.15) is 6.61 Å². The van der Waals surface area contributed by atoms with Gasteiger partial charge in [0.25, 0.3) is 0 Å². The van der Waals surface area contributed by atoms with Crippen molar-refractivity contribution in [2.24, 2.45) is 0 Å². The molecule has 5 nitrogen and oxygen atoms in total. The van der Waals surface area contributed by atoms with Gasteiger partial charge in [-0.2, -0.15) is 0 Å². The normalized spacial score (nSPS) is 12.7. The van der Waals surface area contributed by atoms with E-state index in [2.05, 4.69) is 93.7 Å². The van der Waals surface area contributed by atoms with Gasteiger partial charge < -0.3 is 14.2 Å². The molecular weight excluding hydrogens is 813 g/mol. The Labute approximate surface area is 410 Å². The minimum Gasteiger partial charge on any atom is -0.462 e. The number of carbonyl (C=O) groups excluding carboxylic acids is 2. The van der Waals surface area contributed by atoms with Crippen LogP contribution < -0.4 is 0 Å². The molecule has 0 aliphatic heterocycles. The Bertz CT molecular complexity index is 1180. The maximum atomic E-state index is 12.8. The molecule has 382 valence electrons. The molecule has 0 radical (unpaired) electrons. The molecule has 0 N–H and O–H groups in total. The largest absolute Gasteiger partial charge is 0.462 e. The van der Waals surface area contributed by atoms with E-state index in [4.69, 9.17) is 14.2 Å². The van der Waals surface area contributed by atoms with Crippen LogP contribution in [0.15, 0.2) is 72.9 Å². The van der Waals surface area contributed by atoms with E-state index in [-0.39, 0.29) is 25.2 Å². The molecule has 1 atom stereocenters.